The van der Waals surface area contributed by atoms with E-state index in [4.69, 9.17) is 0 Å². The summed E-state index contributed by atoms with van der Waals surface area (Å²) in [5.41, 5.74) is 3.86. The minimum Gasteiger partial charge on any atom is -0.333 e. The topological polar surface area (TPSA) is 38.1 Å². The molecule has 0 N–H and O–H groups in total. The van der Waals surface area contributed by atoms with Gasteiger partial charge in [-0.15, -0.1) is 0 Å². The van der Waals surface area contributed by atoms with Crippen molar-refractivity contribution in [1.82, 2.24) is 14.5 Å². The number of amides is 1. The number of aryl methyl sites for hydroxylation is 2. The molecule has 0 aliphatic heterocycles. The van der Waals surface area contributed by atoms with Gasteiger partial charge in [-0.1, -0.05) is 23.8 Å². The minimum atomic E-state index is 0.198. The van der Waals surface area contributed by atoms with Gasteiger partial charge in [0, 0.05) is 30.9 Å². The maximum absolute atomic E-state index is 12.5. The fraction of sp³-hybridized carbons (Fsp3) is 0.500. The second kappa shape index (κ2) is 6.80. The maximum Gasteiger partial charge on any atom is 0.226 e. The summed E-state index contributed by atoms with van der Waals surface area (Å²) >= 11 is 0. The normalized spacial score (nSPS) is 14.2. The van der Waals surface area contributed by atoms with Crippen LogP contribution >= 0.6 is 0 Å². The molecule has 0 atom stereocenters. The molecule has 0 bridgehead atoms. The molecule has 1 aliphatic carbocycles. The van der Waals surface area contributed by atoms with E-state index in [2.05, 4.69) is 55.4 Å². The van der Waals surface area contributed by atoms with Crippen LogP contribution in [-0.4, -0.2) is 26.4 Å². The second-order valence-electron chi connectivity index (χ2n) is 7.24. The molecule has 1 saturated carbocycles. The van der Waals surface area contributed by atoms with E-state index >= 15 is 0 Å². The number of hydrogen-bond acceptors (Lipinski definition) is 2. The van der Waals surface area contributed by atoms with Crippen molar-refractivity contribution in [2.24, 2.45) is 5.92 Å². The molecule has 4 heteroatoms. The van der Waals surface area contributed by atoms with Crippen molar-refractivity contribution in [3.05, 3.63) is 53.1 Å². The SMILES string of the molecule is Cc1ccc(C)c(Cn2ccnc2CN(C(=O)C2CC2)C(C)C)c1. The van der Waals surface area contributed by atoms with Gasteiger partial charge in [-0.05, 0) is 51.7 Å². The van der Waals surface area contributed by atoms with Crippen LogP contribution in [-0.2, 0) is 17.9 Å². The van der Waals surface area contributed by atoms with Gasteiger partial charge in [0.05, 0.1) is 6.54 Å². The molecule has 4 nitrogen and oxygen atoms in total. The van der Waals surface area contributed by atoms with Gasteiger partial charge in [0.15, 0.2) is 0 Å². The van der Waals surface area contributed by atoms with Gasteiger partial charge in [0.25, 0.3) is 0 Å². The zero-order valence-electron chi connectivity index (χ0n) is 15.1. The molecule has 0 unspecified atom stereocenters. The molecule has 0 spiro atoms. The molecule has 1 fully saturated rings. The van der Waals surface area contributed by atoms with Crippen molar-refractivity contribution in [3.8, 4) is 0 Å². The molecule has 1 aliphatic rings. The van der Waals surface area contributed by atoms with E-state index in [1.54, 1.807) is 0 Å². The molecular weight excluding hydrogens is 298 g/mol. The number of aromatic nitrogens is 2. The first kappa shape index (κ1) is 16.7. The van der Waals surface area contributed by atoms with E-state index in [1.165, 1.54) is 16.7 Å². The van der Waals surface area contributed by atoms with Gasteiger partial charge in [-0.2, -0.15) is 0 Å². The third-order valence-electron chi connectivity index (χ3n) is 4.79. The van der Waals surface area contributed by atoms with Crippen LogP contribution in [0.2, 0.25) is 0 Å². The minimum absolute atomic E-state index is 0.198. The Hall–Kier alpha value is -2.10. The van der Waals surface area contributed by atoms with E-state index in [-0.39, 0.29) is 17.9 Å². The highest BCUT2D eigenvalue weighted by atomic mass is 16.2. The van der Waals surface area contributed by atoms with E-state index in [9.17, 15) is 4.79 Å². The van der Waals surface area contributed by atoms with E-state index in [0.29, 0.717) is 6.54 Å². The van der Waals surface area contributed by atoms with Gasteiger partial charge < -0.3 is 9.47 Å². The lowest BCUT2D eigenvalue weighted by Gasteiger charge is -2.27. The molecule has 3 rings (SSSR count). The van der Waals surface area contributed by atoms with Gasteiger partial charge >= 0.3 is 0 Å². The largest absolute Gasteiger partial charge is 0.333 e. The molecule has 1 amide bonds. The monoisotopic (exact) mass is 325 g/mol. The molecule has 0 radical (unpaired) electrons. The van der Waals surface area contributed by atoms with Gasteiger partial charge in [0.2, 0.25) is 5.91 Å². The summed E-state index contributed by atoms with van der Waals surface area (Å²) in [6.45, 7) is 9.81. The second-order valence-corrected chi connectivity index (χ2v) is 7.24. The molecule has 0 saturated heterocycles. The number of imidazole rings is 1. The third-order valence-corrected chi connectivity index (χ3v) is 4.79. The Morgan fingerprint density at radius 3 is 2.75 bits per heavy atom. The summed E-state index contributed by atoms with van der Waals surface area (Å²) in [6, 6.07) is 6.74. The van der Waals surface area contributed by atoms with Crippen molar-refractivity contribution in [3.63, 3.8) is 0 Å². The van der Waals surface area contributed by atoms with Gasteiger partial charge in [-0.3, -0.25) is 4.79 Å². The maximum atomic E-state index is 12.5. The summed E-state index contributed by atoms with van der Waals surface area (Å²) in [4.78, 5) is 19.0. The Morgan fingerprint density at radius 1 is 1.33 bits per heavy atom. The molecule has 128 valence electrons. The molecule has 1 aromatic heterocycles. The van der Waals surface area contributed by atoms with Crippen molar-refractivity contribution >= 4 is 5.91 Å². The van der Waals surface area contributed by atoms with Gasteiger partial charge in [0.1, 0.15) is 5.82 Å². The van der Waals surface area contributed by atoms with Crippen molar-refractivity contribution < 1.29 is 4.79 Å². The number of benzene rings is 1. The Bertz CT molecular complexity index is 728. The van der Waals surface area contributed by atoms with Crippen LogP contribution in [0.1, 0.15) is 49.2 Å². The Kier molecular flexibility index (Phi) is 4.74. The molecule has 2 aromatic rings. The summed E-state index contributed by atoms with van der Waals surface area (Å²) in [5.74, 6) is 1.49. The van der Waals surface area contributed by atoms with Crippen LogP contribution in [0, 0.1) is 19.8 Å². The van der Waals surface area contributed by atoms with Crippen LogP contribution in [0.5, 0.6) is 0 Å². The molecule has 24 heavy (non-hydrogen) atoms. The van der Waals surface area contributed by atoms with Gasteiger partial charge in [-0.25, -0.2) is 4.98 Å². The number of nitrogens with zero attached hydrogens (tertiary/aromatic N) is 3. The fourth-order valence-corrected chi connectivity index (χ4v) is 3.02. The highest BCUT2D eigenvalue weighted by Crippen LogP contribution is 2.32. The quantitative estimate of drug-likeness (QED) is 0.812. The first-order valence-electron chi connectivity index (χ1n) is 8.82. The third kappa shape index (κ3) is 3.69. The molecule has 1 aromatic carbocycles. The van der Waals surface area contributed by atoms with Crippen LogP contribution in [0.4, 0.5) is 0 Å². The standard InChI is InChI=1S/C20H27N3O/c1-14(2)23(20(24)17-7-8-17)13-19-21-9-10-22(19)12-18-11-15(3)5-6-16(18)4/h5-6,9-11,14,17H,7-8,12-13H2,1-4H3. The number of hydrogen-bond donors (Lipinski definition) is 0. The molecule has 1 heterocycles. The fourth-order valence-electron chi connectivity index (χ4n) is 3.02. The first-order valence-corrected chi connectivity index (χ1v) is 8.82. The van der Waals surface area contributed by atoms with E-state index in [1.807, 2.05) is 17.3 Å². The number of carbonyl (C=O) groups is 1. The zero-order chi connectivity index (χ0) is 17.3. The predicted octanol–water partition coefficient (Wildman–Crippen LogP) is 3.70. The number of rotatable bonds is 6. The van der Waals surface area contributed by atoms with Crippen LogP contribution in [0.3, 0.4) is 0 Å². The highest BCUT2D eigenvalue weighted by molar-refractivity contribution is 5.81. The van der Waals surface area contributed by atoms with Crippen LogP contribution in [0.15, 0.2) is 30.6 Å². The summed E-state index contributed by atoms with van der Waals surface area (Å²) in [5, 5.41) is 0. The van der Waals surface area contributed by atoms with E-state index in [0.717, 1.165) is 25.2 Å². The first-order chi connectivity index (χ1) is 11.5. The molecular formula is C20H27N3O. The lowest BCUT2D eigenvalue weighted by atomic mass is 10.1. The summed E-state index contributed by atoms with van der Waals surface area (Å²) in [7, 11) is 0. The average molecular weight is 325 g/mol. The Balaban J connectivity index is 1.79. The number of carbonyl (C=O) groups excluding carboxylic acids is 1. The predicted molar refractivity (Wildman–Crippen MR) is 95.7 cm³/mol. The van der Waals surface area contributed by atoms with Crippen LogP contribution < -0.4 is 0 Å². The van der Waals surface area contributed by atoms with E-state index < -0.39 is 0 Å². The highest BCUT2D eigenvalue weighted by Gasteiger charge is 2.34. The Morgan fingerprint density at radius 2 is 2.08 bits per heavy atom. The summed E-state index contributed by atoms with van der Waals surface area (Å²) < 4.78 is 2.16. The smallest absolute Gasteiger partial charge is 0.226 e. The summed E-state index contributed by atoms with van der Waals surface area (Å²) in [6.07, 6.45) is 5.93. The average Bonchev–Trinajstić information content (AvgIpc) is 3.29. The lowest BCUT2D eigenvalue weighted by Crippen LogP contribution is -2.38. The zero-order valence-corrected chi connectivity index (χ0v) is 15.1. The van der Waals surface area contributed by atoms with Crippen molar-refractivity contribution in [2.45, 2.75) is 59.7 Å². The van der Waals surface area contributed by atoms with Crippen molar-refractivity contribution in [2.75, 3.05) is 0 Å². The Labute approximate surface area is 144 Å². The van der Waals surface area contributed by atoms with Crippen LogP contribution in [0.25, 0.3) is 0 Å². The lowest BCUT2D eigenvalue weighted by molar-refractivity contribution is -0.135. The van der Waals surface area contributed by atoms with Crippen molar-refractivity contribution in [1.29, 1.82) is 0 Å².